The molecule has 0 aromatic heterocycles. The fourth-order valence-corrected chi connectivity index (χ4v) is 3.62. The topological polar surface area (TPSA) is 52.6 Å². The summed E-state index contributed by atoms with van der Waals surface area (Å²) in [6.45, 7) is 0.0741. The van der Waals surface area contributed by atoms with Crippen LogP contribution in [0.4, 0.5) is 0 Å². The van der Waals surface area contributed by atoms with Crippen LogP contribution in [0.25, 0.3) is 0 Å². The summed E-state index contributed by atoms with van der Waals surface area (Å²) in [5.74, 6) is -0.256. The molecule has 0 fully saturated rings. The Bertz CT molecular complexity index is 845. The molecule has 1 heterocycles. The Kier molecular flexibility index (Phi) is 4.22. The molecule has 2 aliphatic rings. The molecule has 0 radical (unpaired) electrons. The van der Waals surface area contributed by atoms with Gasteiger partial charge < -0.3 is 9.47 Å². The summed E-state index contributed by atoms with van der Waals surface area (Å²) in [6.07, 6.45) is 1.24. The van der Waals surface area contributed by atoms with Gasteiger partial charge in [-0.2, -0.15) is 0 Å². The number of rotatable bonds is 4. The number of benzene rings is 2. The first-order chi connectivity index (χ1) is 12.1. The molecule has 4 nitrogen and oxygen atoms in total. The molecule has 2 unspecified atom stereocenters. The zero-order chi connectivity index (χ0) is 17.4. The lowest BCUT2D eigenvalue weighted by atomic mass is 9.75. The van der Waals surface area contributed by atoms with Crippen LogP contribution in [0.15, 0.2) is 42.5 Å². The number of esters is 1. The predicted octanol–water partition coefficient (Wildman–Crippen LogP) is 3.34. The molecule has 0 bridgehead atoms. The van der Waals surface area contributed by atoms with Crippen LogP contribution in [-0.2, 0) is 27.2 Å². The molecule has 0 saturated carbocycles. The number of fused-ring (bicyclic) bond motifs is 2. The van der Waals surface area contributed by atoms with Crippen LogP contribution < -0.4 is 4.74 Å². The van der Waals surface area contributed by atoms with E-state index in [0.29, 0.717) is 11.4 Å². The zero-order valence-electron chi connectivity index (χ0n) is 13.5. The van der Waals surface area contributed by atoms with E-state index in [-0.39, 0.29) is 24.9 Å². The molecule has 2 aromatic carbocycles. The van der Waals surface area contributed by atoms with Crippen molar-refractivity contribution in [2.45, 2.75) is 18.8 Å². The largest absolute Gasteiger partial charge is 0.492 e. The van der Waals surface area contributed by atoms with E-state index in [0.717, 1.165) is 23.3 Å². The fraction of sp³-hybridized carbons (Fsp3) is 0.300. The predicted molar refractivity (Wildman–Crippen MR) is 93.0 cm³/mol. The molecule has 1 aliphatic heterocycles. The van der Waals surface area contributed by atoms with Crippen molar-refractivity contribution in [2.75, 3.05) is 13.2 Å². The zero-order valence-corrected chi connectivity index (χ0v) is 14.3. The molecule has 5 heteroatoms. The summed E-state index contributed by atoms with van der Waals surface area (Å²) >= 11 is 5.99. The van der Waals surface area contributed by atoms with E-state index in [9.17, 15) is 9.59 Å². The van der Waals surface area contributed by atoms with E-state index in [1.165, 1.54) is 5.56 Å². The molecule has 25 heavy (non-hydrogen) atoms. The lowest BCUT2D eigenvalue weighted by molar-refractivity contribution is -0.153. The smallest absolute Gasteiger partial charge is 0.313 e. The van der Waals surface area contributed by atoms with Gasteiger partial charge >= 0.3 is 5.97 Å². The Morgan fingerprint density at radius 1 is 1.12 bits per heavy atom. The first kappa shape index (κ1) is 16.2. The summed E-state index contributed by atoms with van der Waals surface area (Å²) in [5, 5.41) is 0.607. The average Bonchev–Trinajstić information content (AvgIpc) is 2.60. The normalized spacial score (nSPS) is 20.5. The van der Waals surface area contributed by atoms with Gasteiger partial charge in [0.1, 0.15) is 12.4 Å². The number of ketones is 1. The van der Waals surface area contributed by atoms with Crippen molar-refractivity contribution >= 4 is 23.4 Å². The highest BCUT2D eigenvalue weighted by atomic mass is 35.5. The lowest BCUT2D eigenvalue weighted by Crippen LogP contribution is -2.33. The number of carbonyl (C=O) groups is 2. The Morgan fingerprint density at radius 3 is 2.80 bits per heavy atom. The van der Waals surface area contributed by atoms with Gasteiger partial charge in [-0.25, -0.2) is 0 Å². The van der Waals surface area contributed by atoms with Crippen LogP contribution in [0.5, 0.6) is 5.75 Å². The highest BCUT2D eigenvalue weighted by Gasteiger charge is 2.33. The van der Waals surface area contributed by atoms with Crippen molar-refractivity contribution in [1.29, 1.82) is 0 Å². The van der Waals surface area contributed by atoms with Gasteiger partial charge in [0.15, 0.2) is 12.4 Å². The molecule has 0 spiro atoms. The number of hydrogen-bond donors (Lipinski definition) is 0. The Balaban J connectivity index is 1.33. The number of halogens is 1. The molecular weight excluding hydrogens is 340 g/mol. The second-order valence-corrected chi connectivity index (χ2v) is 6.93. The van der Waals surface area contributed by atoms with E-state index in [4.69, 9.17) is 21.1 Å². The van der Waals surface area contributed by atoms with Gasteiger partial charge in [-0.1, -0.05) is 35.9 Å². The number of ether oxygens (including phenoxy) is 2. The molecule has 0 amide bonds. The van der Waals surface area contributed by atoms with Gasteiger partial charge in [-0.15, -0.1) is 0 Å². The Hall–Kier alpha value is -2.33. The summed E-state index contributed by atoms with van der Waals surface area (Å²) in [5.41, 5.74) is 3.13. The third-order valence-electron chi connectivity index (χ3n) is 4.86. The molecule has 0 N–H and O–H groups in total. The number of carbonyl (C=O) groups excluding carboxylic acids is 2. The first-order valence-corrected chi connectivity index (χ1v) is 8.68. The van der Waals surface area contributed by atoms with Crippen molar-refractivity contribution < 1.29 is 19.1 Å². The van der Waals surface area contributed by atoms with Crippen LogP contribution in [0.3, 0.4) is 0 Å². The quantitative estimate of drug-likeness (QED) is 0.788. The number of Topliss-reactive ketones (excluding diaryl/α,β-unsaturated/α-hetero) is 1. The second kappa shape index (κ2) is 6.52. The number of hydrogen-bond acceptors (Lipinski definition) is 4. The standard InChI is InChI=1S/C20H17ClO4/c21-15-5-6-19-13(8-15)7-14(10-24-19)20(23)25-11-18(22)17-9-12-3-1-2-4-16(12)17/h1-6,8,14,17H,7,9-11H2. The van der Waals surface area contributed by atoms with Crippen molar-refractivity contribution in [2.24, 2.45) is 5.92 Å². The minimum Gasteiger partial charge on any atom is -0.492 e. The second-order valence-electron chi connectivity index (χ2n) is 6.49. The maximum Gasteiger partial charge on any atom is 0.313 e. The van der Waals surface area contributed by atoms with Gasteiger partial charge in [-0.3, -0.25) is 9.59 Å². The third kappa shape index (κ3) is 3.14. The Morgan fingerprint density at radius 2 is 1.96 bits per heavy atom. The molecule has 4 rings (SSSR count). The SMILES string of the molecule is O=C(OCC(=O)C1Cc2ccccc21)C1COc2ccc(Cl)cc2C1. The lowest BCUT2D eigenvalue weighted by Gasteiger charge is -2.29. The average molecular weight is 357 g/mol. The minimum atomic E-state index is -0.410. The van der Waals surface area contributed by atoms with E-state index in [1.807, 2.05) is 24.3 Å². The van der Waals surface area contributed by atoms with Crippen molar-refractivity contribution in [1.82, 2.24) is 0 Å². The Labute approximate surface area is 150 Å². The van der Waals surface area contributed by atoms with Gasteiger partial charge in [0, 0.05) is 5.02 Å². The van der Waals surface area contributed by atoms with Crippen molar-refractivity contribution in [3.05, 3.63) is 64.2 Å². The van der Waals surface area contributed by atoms with E-state index in [1.54, 1.807) is 18.2 Å². The van der Waals surface area contributed by atoms with Gasteiger partial charge in [0.25, 0.3) is 0 Å². The molecule has 2 aromatic rings. The molecule has 128 valence electrons. The maximum atomic E-state index is 12.3. The van der Waals surface area contributed by atoms with Crippen LogP contribution >= 0.6 is 11.6 Å². The van der Waals surface area contributed by atoms with Gasteiger partial charge in [0.2, 0.25) is 0 Å². The molecule has 2 atom stereocenters. The monoisotopic (exact) mass is 356 g/mol. The van der Waals surface area contributed by atoms with E-state index >= 15 is 0 Å². The highest BCUT2D eigenvalue weighted by Crippen LogP contribution is 2.35. The maximum absolute atomic E-state index is 12.3. The van der Waals surface area contributed by atoms with Crippen LogP contribution in [-0.4, -0.2) is 25.0 Å². The van der Waals surface area contributed by atoms with Crippen LogP contribution in [0.1, 0.15) is 22.6 Å². The van der Waals surface area contributed by atoms with E-state index < -0.39 is 11.9 Å². The van der Waals surface area contributed by atoms with Crippen molar-refractivity contribution in [3.8, 4) is 5.75 Å². The summed E-state index contributed by atoms with van der Waals surface area (Å²) in [6, 6.07) is 13.2. The third-order valence-corrected chi connectivity index (χ3v) is 5.10. The minimum absolute atomic E-state index is 0.0489. The summed E-state index contributed by atoms with van der Waals surface area (Å²) in [4.78, 5) is 24.6. The molecule has 0 saturated heterocycles. The summed E-state index contributed by atoms with van der Waals surface area (Å²) in [7, 11) is 0. The molecular formula is C20H17ClO4. The van der Waals surface area contributed by atoms with E-state index in [2.05, 4.69) is 0 Å². The van der Waals surface area contributed by atoms with Gasteiger partial charge in [-0.05, 0) is 47.7 Å². The van der Waals surface area contributed by atoms with Crippen LogP contribution in [0.2, 0.25) is 5.02 Å². The fourth-order valence-electron chi connectivity index (χ4n) is 3.42. The van der Waals surface area contributed by atoms with Crippen molar-refractivity contribution in [3.63, 3.8) is 0 Å². The molecule has 1 aliphatic carbocycles. The van der Waals surface area contributed by atoms with Gasteiger partial charge in [0.05, 0.1) is 11.8 Å². The first-order valence-electron chi connectivity index (χ1n) is 8.30. The highest BCUT2D eigenvalue weighted by molar-refractivity contribution is 6.30. The van der Waals surface area contributed by atoms with Crippen LogP contribution in [0, 0.1) is 5.92 Å². The summed E-state index contributed by atoms with van der Waals surface area (Å²) < 4.78 is 10.9.